The molecule has 0 bridgehead atoms. The third-order valence-corrected chi connectivity index (χ3v) is 11.2. The zero-order valence-electron chi connectivity index (χ0n) is 21.4. The van der Waals surface area contributed by atoms with Gasteiger partial charge in [-0.1, -0.05) is 33.6 Å². The molecule has 0 heterocycles. The minimum Gasteiger partial charge on any atom is -0.481 e. The number of esters is 1. The maximum absolute atomic E-state index is 12.0. The monoisotopic (exact) mass is 462 g/mol. The van der Waals surface area contributed by atoms with E-state index in [1.54, 1.807) is 0 Å². The summed E-state index contributed by atoms with van der Waals surface area (Å²) in [5.74, 6) is 1.63. The molecule has 188 valence electrons. The number of fused-ring (bicyclic) bond motifs is 5. The Balaban J connectivity index is 1.65. The molecule has 4 saturated carbocycles. The first kappa shape index (κ1) is 25.0. The van der Waals surface area contributed by atoms with Crippen LogP contribution in [0.4, 0.5) is 0 Å². The Kier molecular flexibility index (Phi) is 6.95. The molecule has 5 heteroatoms. The summed E-state index contributed by atoms with van der Waals surface area (Å²) >= 11 is 0. The molecule has 0 radical (unpaired) electrons. The lowest BCUT2D eigenvalue weighted by Gasteiger charge is -2.65. The van der Waals surface area contributed by atoms with E-state index in [0.29, 0.717) is 29.6 Å². The summed E-state index contributed by atoms with van der Waals surface area (Å²) in [4.78, 5) is 23.0. The number of ether oxygens (including phenoxy) is 1. The zero-order valence-corrected chi connectivity index (χ0v) is 21.4. The Morgan fingerprint density at radius 2 is 1.67 bits per heavy atom. The first-order chi connectivity index (χ1) is 15.5. The highest BCUT2D eigenvalue weighted by molar-refractivity contribution is 5.66. The summed E-state index contributed by atoms with van der Waals surface area (Å²) < 4.78 is 5.73. The summed E-state index contributed by atoms with van der Waals surface area (Å²) in [5.41, 5.74) is 0.364. The van der Waals surface area contributed by atoms with Gasteiger partial charge in [0.25, 0.3) is 0 Å². The van der Waals surface area contributed by atoms with E-state index in [0.717, 1.165) is 25.7 Å². The molecule has 4 aliphatic rings. The Hall–Kier alpha value is -1.10. The summed E-state index contributed by atoms with van der Waals surface area (Å²) in [6.45, 7) is 10.6. The van der Waals surface area contributed by atoms with Crippen LogP contribution >= 0.6 is 0 Å². The van der Waals surface area contributed by atoms with Gasteiger partial charge in [-0.3, -0.25) is 9.59 Å². The number of aliphatic hydroxyl groups excluding tert-OH is 1. The fourth-order valence-corrected chi connectivity index (χ4v) is 9.89. The van der Waals surface area contributed by atoms with Gasteiger partial charge in [-0.25, -0.2) is 0 Å². The topological polar surface area (TPSA) is 83.8 Å². The molecule has 4 fully saturated rings. The molecule has 11 atom stereocenters. The van der Waals surface area contributed by atoms with E-state index in [-0.39, 0.29) is 41.2 Å². The number of hydrogen-bond donors (Lipinski definition) is 2. The van der Waals surface area contributed by atoms with Gasteiger partial charge in [0.05, 0.1) is 6.10 Å². The first-order valence-corrected chi connectivity index (χ1v) is 13.6. The largest absolute Gasteiger partial charge is 0.481 e. The van der Waals surface area contributed by atoms with Crippen LogP contribution in [0.1, 0.15) is 98.8 Å². The molecular formula is C28H46O5. The van der Waals surface area contributed by atoms with Gasteiger partial charge in [0.2, 0.25) is 0 Å². The quantitative estimate of drug-likeness (QED) is 0.496. The lowest BCUT2D eigenvalue weighted by molar-refractivity contribution is -0.216. The van der Waals surface area contributed by atoms with Gasteiger partial charge < -0.3 is 14.9 Å². The number of carbonyl (C=O) groups excluding carboxylic acids is 1. The van der Waals surface area contributed by atoms with E-state index in [1.807, 2.05) is 6.92 Å². The van der Waals surface area contributed by atoms with Crippen molar-refractivity contribution >= 4 is 11.9 Å². The predicted molar refractivity (Wildman–Crippen MR) is 127 cm³/mol. The lowest BCUT2D eigenvalue weighted by Crippen LogP contribution is -2.63. The smallest absolute Gasteiger partial charge is 0.303 e. The van der Waals surface area contributed by atoms with Crippen LogP contribution in [0.2, 0.25) is 0 Å². The first-order valence-electron chi connectivity index (χ1n) is 13.6. The van der Waals surface area contributed by atoms with Crippen molar-refractivity contribution in [2.75, 3.05) is 0 Å². The van der Waals surface area contributed by atoms with Gasteiger partial charge >= 0.3 is 11.9 Å². The van der Waals surface area contributed by atoms with E-state index < -0.39 is 12.1 Å². The van der Waals surface area contributed by atoms with Crippen LogP contribution < -0.4 is 0 Å². The van der Waals surface area contributed by atoms with Gasteiger partial charge in [0, 0.05) is 19.3 Å². The van der Waals surface area contributed by atoms with E-state index in [4.69, 9.17) is 4.74 Å². The minimum atomic E-state index is -0.702. The Labute approximate surface area is 200 Å². The highest BCUT2D eigenvalue weighted by Gasteiger charge is 2.65. The van der Waals surface area contributed by atoms with Crippen molar-refractivity contribution in [3.8, 4) is 0 Å². The van der Waals surface area contributed by atoms with Crippen LogP contribution in [-0.2, 0) is 14.3 Å². The average Bonchev–Trinajstić information content (AvgIpc) is 3.09. The number of carboxylic acids is 1. The van der Waals surface area contributed by atoms with E-state index in [1.165, 1.54) is 39.0 Å². The van der Waals surface area contributed by atoms with Crippen molar-refractivity contribution in [2.24, 2.45) is 52.3 Å². The molecule has 0 aromatic heterocycles. The fraction of sp³-hybridized carbons (Fsp3) is 0.929. The van der Waals surface area contributed by atoms with Crippen LogP contribution in [-0.4, -0.2) is 34.4 Å². The number of aliphatic carboxylic acids is 1. The number of aliphatic hydroxyl groups is 1. The van der Waals surface area contributed by atoms with Gasteiger partial charge in [0.1, 0.15) is 6.10 Å². The molecule has 0 aromatic rings. The molecule has 0 saturated heterocycles. The molecule has 0 aromatic carbocycles. The molecule has 4 aliphatic carbocycles. The zero-order chi connectivity index (χ0) is 24.1. The van der Waals surface area contributed by atoms with E-state index in [2.05, 4.69) is 20.8 Å². The summed E-state index contributed by atoms with van der Waals surface area (Å²) in [6, 6.07) is 0. The molecular weight excluding hydrogens is 416 g/mol. The highest BCUT2D eigenvalue weighted by Crippen LogP contribution is 2.69. The van der Waals surface area contributed by atoms with Gasteiger partial charge in [0.15, 0.2) is 0 Å². The second kappa shape index (κ2) is 9.17. The van der Waals surface area contributed by atoms with Crippen molar-refractivity contribution in [3.63, 3.8) is 0 Å². The van der Waals surface area contributed by atoms with E-state index >= 15 is 0 Å². The van der Waals surface area contributed by atoms with Gasteiger partial charge in [-0.2, -0.15) is 0 Å². The molecule has 2 N–H and O–H groups in total. The Morgan fingerprint density at radius 3 is 2.33 bits per heavy atom. The third kappa shape index (κ3) is 4.15. The van der Waals surface area contributed by atoms with Crippen molar-refractivity contribution in [3.05, 3.63) is 0 Å². The van der Waals surface area contributed by atoms with E-state index in [9.17, 15) is 19.8 Å². The van der Waals surface area contributed by atoms with Crippen molar-refractivity contribution in [1.82, 2.24) is 0 Å². The SMILES string of the molecule is CC(=O)OC(C)[C@H]1[C@@H](O)[C@@H]2[C@H](CC[C@]3(C)[C@@H](C(C)CCC(=O)O)CC[C@@H]23)[C@@]2(C)CCCC[C@@H]12. The molecule has 0 spiro atoms. The van der Waals surface area contributed by atoms with Crippen molar-refractivity contribution in [1.29, 1.82) is 0 Å². The van der Waals surface area contributed by atoms with Crippen LogP contribution in [0.15, 0.2) is 0 Å². The van der Waals surface area contributed by atoms with Gasteiger partial charge in [-0.15, -0.1) is 0 Å². The minimum absolute atomic E-state index is 0.00582. The maximum Gasteiger partial charge on any atom is 0.303 e. The fourth-order valence-electron chi connectivity index (χ4n) is 9.89. The van der Waals surface area contributed by atoms with Crippen molar-refractivity contribution in [2.45, 2.75) is 111 Å². The number of rotatable bonds is 6. The summed E-state index contributed by atoms with van der Waals surface area (Å²) in [5, 5.41) is 21.2. The maximum atomic E-state index is 12.0. The van der Waals surface area contributed by atoms with Crippen LogP contribution in [0.5, 0.6) is 0 Å². The number of carbonyl (C=O) groups is 2. The molecule has 5 nitrogen and oxygen atoms in total. The molecule has 0 amide bonds. The van der Waals surface area contributed by atoms with Crippen molar-refractivity contribution < 1.29 is 24.5 Å². The Morgan fingerprint density at radius 1 is 0.970 bits per heavy atom. The van der Waals surface area contributed by atoms with Crippen LogP contribution in [0, 0.1) is 52.3 Å². The lowest BCUT2D eigenvalue weighted by atomic mass is 9.41. The molecule has 33 heavy (non-hydrogen) atoms. The number of carboxylic acid groups (broad SMARTS) is 1. The second-order valence-corrected chi connectivity index (χ2v) is 12.7. The molecule has 0 aliphatic heterocycles. The average molecular weight is 463 g/mol. The molecule has 2 unspecified atom stereocenters. The Bertz CT molecular complexity index is 751. The predicted octanol–water partition coefficient (Wildman–Crippen LogP) is 5.68. The normalized spacial score (nSPS) is 46.4. The highest BCUT2D eigenvalue weighted by atomic mass is 16.5. The summed E-state index contributed by atoms with van der Waals surface area (Å²) in [7, 11) is 0. The van der Waals surface area contributed by atoms with Crippen LogP contribution in [0.25, 0.3) is 0 Å². The summed E-state index contributed by atoms with van der Waals surface area (Å²) in [6.07, 6.45) is 9.74. The van der Waals surface area contributed by atoms with Crippen LogP contribution in [0.3, 0.4) is 0 Å². The second-order valence-electron chi connectivity index (χ2n) is 12.7. The number of hydrogen-bond acceptors (Lipinski definition) is 4. The van der Waals surface area contributed by atoms with Gasteiger partial charge in [-0.05, 0) is 98.2 Å². The standard InChI is InChI=1S/C28H46O5/c1-16(9-12-23(30)31)19-10-11-21-25-22(13-15-28(19,21)5)27(4)14-7-6-8-20(27)24(26(25)32)17(2)33-18(3)29/h16-17,19-22,24-26,32H,6-15H2,1-5H3,(H,30,31)/t16?,17?,19-,20+,21+,22+,24-,25+,26-,27+,28-/m1/s1. The third-order valence-electron chi connectivity index (χ3n) is 11.2. The molecule has 4 rings (SSSR count).